The molecule has 0 radical (unpaired) electrons. The number of carbonyl (C=O) groups is 1. The Balaban J connectivity index is 1.44. The Morgan fingerprint density at radius 3 is 2.68 bits per heavy atom. The monoisotopic (exact) mass is 328 g/mol. The van der Waals surface area contributed by atoms with Crippen LogP contribution in [0.25, 0.3) is 0 Å². The van der Waals surface area contributed by atoms with Gasteiger partial charge in [-0.25, -0.2) is 4.79 Å². The third-order valence-electron chi connectivity index (χ3n) is 4.98. The number of hydrogen-bond donors (Lipinski definition) is 1. The van der Waals surface area contributed by atoms with Crippen molar-refractivity contribution < 1.29 is 14.3 Å². The summed E-state index contributed by atoms with van der Waals surface area (Å²) in [5, 5.41) is 3.96. The van der Waals surface area contributed by atoms with Crippen LogP contribution in [0.4, 0.5) is 4.79 Å². The first-order valence-corrected chi connectivity index (χ1v) is 9.70. The van der Waals surface area contributed by atoms with Gasteiger partial charge in [0.05, 0.1) is 13.2 Å². The van der Waals surface area contributed by atoms with Gasteiger partial charge in [0.1, 0.15) is 0 Å². The summed E-state index contributed by atoms with van der Waals surface area (Å²) in [6.45, 7) is 5.04. The first kappa shape index (κ1) is 16.4. The van der Waals surface area contributed by atoms with E-state index in [1.807, 2.05) is 16.7 Å². The van der Waals surface area contributed by atoms with Gasteiger partial charge in [0.2, 0.25) is 0 Å². The van der Waals surface area contributed by atoms with Crippen LogP contribution in [0.5, 0.6) is 0 Å². The van der Waals surface area contributed by atoms with E-state index in [4.69, 9.17) is 9.47 Å². The molecule has 2 atom stereocenters. The molecule has 1 N–H and O–H groups in total. The Morgan fingerprint density at radius 2 is 2.00 bits per heavy atom. The van der Waals surface area contributed by atoms with Gasteiger partial charge >= 0.3 is 6.03 Å². The van der Waals surface area contributed by atoms with E-state index in [0.29, 0.717) is 24.5 Å². The number of nitrogens with one attached hydrogen (secondary N) is 1. The molecule has 2 amide bonds. The van der Waals surface area contributed by atoms with Gasteiger partial charge in [-0.15, -0.1) is 0 Å². The first-order valence-electron chi connectivity index (χ1n) is 8.66. The molecule has 0 aromatic rings. The van der Waals surface area contributed by atoms with Crippen LogP contribution in [0, 0.1) is 0 Å². The Morgan fingerprint density at radius 1 is 1.27 bits per heavy atom. The number of thioether (sulfide) groups is 1. The molecule has 2 heterocycles. The zero-order valence-corrected chi connectivity index (χ0v) is 14.3. The molecule has 6 heteroatoms. The number of amides is 2. The van der Waals surface area contributed by atoms with Crippen molar-refractivity contribution >= 4 is 17.8 Å². The van der Waals surface area contributed by atoms with Gasteiger partial charge in [0.25, 0.3) is 0 Å². The molecule has 0 aromatic carbocycles. The number of rotatable bonds is 3. The van der Waals surface area contributed by atoms with Gasteiger partial charge in [-0.1, -0.05) is 13.3 Å². The molecule has 0 unspecified atom stereocenters. The zero-order chi connectivity index (χ0) is 15.4. The quantitative estimate of drug-likeness (QED) is 0.865. The van der Waals surface area contributed by atoms with E-state index in [1.165, 1.54) is 18.6 Å². The third kappa shape index (κ3) is 3.89. The number of carbonyl (C=O) groups excluding carboxylic acids is 1. The van der Waals surface area contributed by atoms with Crippen LogP contribution >= 0.6 is 11.8 Å². The normalized spacial score (nSPS) is 31.4. The van der Waals surface area contributed by atoms with E-state index < -0.39 is 5.79 Å². The summed E-state index contributed by atoms with van der Waals surface area (Å²) in [5.41, 5.74) is 0. The molecule has 1 aliphatic carbocycles. The predicted molar refractivity (Wildman–Crippen MR) is 88.1 cm³/mol. The number of piperidine rings is 1. The molecule has 22 heavy (non-hydrogen) atoms. The molecule has 0 aromatic heterocycles. The lowest BCUT2D eigenvalue weighted by molar-refractivity contribution is -0.181. The molecule has 1 spiro atoms. The lowest BCUT2D eigenvalue weighted by Crippen LogP contribution is -2.52. The summed E-state index contributed by atoms with van der Waals surface area (Å²) in [4.78, 5) is 14.4. The van der Waals surface area contributed by atoms with Crippen LogP contribution in [0.2, 0.25) is 0 Å². The van der Waals surface area contributed by atoms with Crippen LogP contribution in [-0.2, 0) is 9.47 Å². The summed E-state index contributed by atoms with van der Waals surface area (Å²) in [5.74, 6) is 0.768. The second kappa shape index (κ2) is 7.41. The van der Waals surface area contributed by atoms with Crippen LogP contribution in [0.15, 0.2) is 0 Å². The van der Waals surface area contributed by atoms with Crippen molar-refractivity contribution in [3.8, 4) is 0 Å². The zero-order valence-electron chi connectivity index (χ0n) is 13.5. The maximum Gasteiger partial charge on any atom is 0.317 e. The summed E-state index contributed by atoms with van der Waals surface area (Å²) >= 11 is 2.03. The lowest BCUT2D eigenvalue weighted by Gasteiger charge is -2.38. The third-order valence-corrected chi connectivity index (χ3v) is 6.21. The first-order chi connectivity index (χ1) is 10.7. The van der Waals surface area contributed by atoms with Crippen molar-refractivity contribution in [3.05, 3.63) is 0 Å². The van der Waals surface area contributed by atoms with Gasteiger partial charge in [-0.3, -0.25) is 0 Å². The van der Waals surface area contributed by atoms with E-state index in [-0.39, 0.29) is 6.03 Å². The molecule has 0 bridgehead atoms. The standard InChI is InChI=1S/C16H28N2O3S/c1-2-22-14-5-3-4-13(12-14)17-15(19)18-8-6-16(7-9-18)20-10-11-21-16/h13-14H,2-12H2,1H3,(H,17,19)/t13-,14+/m0/s1. The van der Waals surface area contributed by atoms with E-state index in [0.717, 1.165) is 38.8 Å². The fourth-order valence-electron chi connectivity index (χ4n) is 3.77. The Bertz CT molecular complexity index is 376. The van der Waals surface area contributed by atoms with Gasteiger partial charge in [0.15, 0.2) is 5.79 Å². The fourth-order valence-corrected chi connectivity index (χ4v) is 4.94. The molecule has 3 fully saturated rings. The van der Waals surface area contributed by atoms with Crippen molar-refractivity contribution in [1.82, 2.24) is 10.2 Å². The highest BCUT2D eigenvalue weighted by molar-refractivity contribution is 7.99. The largest absolute Gasteiger partial charge is 0.347 e. The molecule has 3 aliphatic rings. The molecule has 5 nitrogen and oxygen atoms in total. The van der Waals surface area contributed by atoms with E-state index in [1.54, 1.807) is 0 Å². The summed E-state index contributed by atoms with van der Waals surface area (Å²) in [6, 6.07) is 0.445. The Hall–Kier alpha value is -0.460. The minimum Gasteiger partial charge on any atom is -0.347 e. The average molecular weight is 328 g/mol. The maximum absolute atomic E-state index is 12.5. The van der Waals surface area contributed by atoms with Gasteiger partial charge in [-0.05, 0) is 25.0 Å². The molecular weight excluding hydrogens is 300 g/mol. The van der Waals surface area contributed by atoms with Gasteiger partial charge < -0.3 is 19.7 Å². The summed E-state index contributed by atoms with van der Waals surface area (Å²) in [6.07, 6.45) is 6.35. The molecule has 2 saturated heterocycles. The van der Waals surface area contributed by atoms with Gasteiger partial charge in [-0.2, -0.15) is 11.8 Å². The smallest absolute Gasteiger partial charge is 0.317 e. The van der Waals surface area contributed by atoms with Crippen molar-refractivity contribution in [2.24, 2.45) is 0 Å². The van der Waals surface area contributed by atoms with Crippen molar-refractivity contribution in [3.63, 3.8) is 0 Å². The molecular formula is C16H28N2O3S. The summed E-state index contributed by atoms with van der Waals surface area (Å²) < 4.78 is 11.4. The molecule has 1 saturated carbocycles. The van der Waals surface area contributed by atoms with Crippen molar-refractivity contribution in [2.45, 2.75) is 62.5 Å². The van der Waals surface area contributed by atoms with E-state index in [9.17, 15) is 4.79 Å². The van der Waals surface area contributed by atoms with Crippen LogP contribution in [-0.4, -0.2) is 60.1 Å². The number of ether oxygens (including phenoxy) is 2. The number of urea groups is 1. The van der Waals surface area contributed by atoms with Crippen molar-refractivity contribution in [2.75, 3.05) is 32.1 Å². The summed E-state index contributed by atoms with van der Waals surface area (Å²) in [7, 11) is 0. The Kier molecular flexibility index (Phi) is 5.52. The second-order valence-corrected chi connectivity index (χ2v) is 8.06. The highest BCUT2D eigenvalue weighted by Crippen LogP contribution is 2.32. The fraction of sp³-hybridized carbons (Fsp3) is 0.938. The molecule has 3 rings (SSSR count). The second-order valence-electron chi connectivity index (χ2n) is 6.49. The average Bonchev–Trinajstić information content (AvgIpc) is 2.97. The number of nitrogens with zero attached hydrogens (tertiary/aromatic N) is 1. The van der Waals surface area contributed by atoms with Crippen LogP contribution in [0.1, 0.15) is 45.4 Å². The van der Waals surface area contributed by atoms with Crippen LogP contribution < -0.4 is 5.32 Å². The molecule has 2 aliphatic heterocycles. The van der Waals surface area contributed by atoms with E-state index in [2.05, 4.69) is 12.2 Å². The van der Waals surface area contributed by atoms with E-state index >= 15 is 0 Å². The topological polar surface area (TPSA) is 50.8 Å². The van der Waals surface area contributed by atoms with Crippen LogP contribution in [0.3, 0.4) is 0 Å². The highest BCUT2D eigenvalue weighted by atomic mass is 32.2. The minimum atomic E-state index is -0.398. The number of likely N-dealkylation sites (tertiary alicyclic amines) is 1. The minimum absolute atomic E-state index is 0.0972. The lowest BCUT2D eigenvalue weighted by atomic mass is 9.95. The Labute approximate surface area is 137 Å². The maximum atomic E-state index is 12.5. The number of hydrogen-bond acceptors (Lipinski definition) is 4. The van der Waals surface area contributed by atoms with Crippen molar-refractivity contribution in [1.29, 1.82) is 0 Å². The predicted octanol–water partition coefficient (Wildman–Crippen LogP) is 2.60. The van der Waals surface area contributed by atoms with Gasteiger partial charge in [0, 0.05) is 37.2 Å². The SMILES string of the molecule is CCS[C@@H]1CCC[C@H](NC(=O)N2CCC3(CC2)OCCO3)C1. The molecule has 126 valence electrons. The highest BCUT2D eigenvalue weighted by Gasteiger charge is 2.41.